The zero-order valence-corrected chi connectivity index (χ0v) is 13.4. The van der Waals surface area contributed by atoms with Crippen LogP contribution in [-0.2, 0) is 6.18 Å². The molecule has 3 aromatic rings. The highest BCUT2D eigenvalue weighted by molar-refractivity contribution is 6.04. The van der Waals surface area contributed by atoms with Crippen LogP contribution in [-0.4, -0.2) is 10.9 Å². The van der Waals surface area contributed by atoms with Gasteiger partial charge >= 0.3 is 6.18 Å². The van der Waals surface area contributed by atoms with Crippen LogP contribution in [0.3, 0.4) is 0 Å². The summed E-state index contributed by atoms with van der Waals surface area (Å²) >= 11 is 0. The second kappa shape index (κ2) is 7.26. The van der Waals surface area contributed by atoms with E-state index in [0.717, 1.165) is 17.8 Å². The van der Waals surface area contributed by atoms with Crippen LogP contribution in [0.4, 0.5) is 30.2 Å². The average molecular weight is 357 g/mol. The molecule has 2 N–H and O–H groups in total. The number of carbonyl (C=O) groups is 1. The summed E-state index contributed by atoms with van der Waals surface area (Å²) in [6.45, 7) is 0. The first kappa shape index (κ1) is 17.5. The van der Waals surface area contributed by atoms with Gasteiger partial charge in [0.15, 0.2) is 0 Å². The maximum atomic E-state index is 12.8. The standard InChI is InChI=1S/C19H14F3N3O/c20-19(21,22)14-5-4-8-16(10-14)25-18(26)13-9-17(12-23-11-13)24-15-6-2-1-3-7-15/h1-12,24H,(H,25,26). The minimum Gasteiger partial charge on any atom is -0.354 e. The van der Waals surface area contributed by atoms with Crippen molar-refractivity contribution in [1.29, 1.82) is 0 Å². The molecule has 0 radical (unpaired) electrons. The first-order valence-electron chi connectivity index (χ1n) is 7.67. The summed E-state index contributed by atoms with van der Waals surface area (Å²) < 4.78 is 38.3. The van der Waals surface area contributed by atoms with Gasteiger partial charge in [0.05, 0.1) is 23.0 Å². The van der Waals surface area contributed by atoms with E-state index in [-0.39, 0.29) is 11.3 Å². The molecule has 3 rings (SSSR count). The number of nitrogens with zero attached hydrogens (tertiary/aromatic N) is 1. The van der Waals surface area contributed by atoms with Crippen LogP contribution in [0.2, 0.25) is 0 Å². The van der Waals surface area contributed by atoms with E-state index in [1.165, 1.54) is 18.3 Å². The number of pyridine rings is 1. The highest BCUT2D eigenvalue weighted by atomic mass is 19.4. The van der Waals surface area contributed by atoms with Gasteiger partial charge in [-0.3, -0.25) is 9.78 Å². The lowest BCUT2D eigenvalue weighted by molar-refractivity contribution is -0.137. The molecule has 0 aliphatic rings. The number of alkyl halides is 3. The van der Waals surface area contributed by atoms with Gasteiger partial charge in [0.25, 0.3) is 5.91 Å². The van der Waals surface area contributed by atoms with E-state index in [1.807, 2.05) is 30.3 Å². The molecule has 0 aliphatic heterocycles. The number of anilines is 3. The van der Waals surface area contributed by atoms with Crippen molar-refractivity contribution in [3.63, 3.8) is 0 Å². The van der Waals surface area contributed by atoms with Crippen LogP contribution in [0.25, 0.3) is 0 Å². The number of halogens is 3. The lowest BCUT2D eigenvalue weighted by atomic mass is 10.2. The third-order valence-corrected chi connectivity index (χ3v) is 3.51. The van der Waals surface area contributed by atoms with E-state index < -0.39 is 17.6 Å². The van der Waals surface area contributed by atoms with Crippen molar-refractivity contribution in [2.45, 2.75) is 6.18 Å². The fraction of sp³-hybridized carbons (Fsp3) is 0.0526. The molecule has 4 nitrogen and oxygen atoms in total. The smallest absolute Gasteiger partial charge is 0.354 e. The van der Waals surface area contributed by atoms with Crippen molar-refractivity contribution in [2.24, 2.45) is 0 Å². The van der Waals surface area contributed by atoms with Crippen molar-refractivity contribution >= 4 is 23.0 Å². The predicted molar refractivity (Wildman–Crippen MR) is 93.4 cm³/mol. The van der Waals surface area contributed by atoms with Crippen LogP contribution in [0.1, 0.15) is 15.9 Å². The van der Waals surface area contributed by atoms with Crippen LogP contribution >= 0.6 is 0 Å². The average Bonchev–Trinajstić information content (AvgIpc) is 2.62. The van der Waals surface area contributed by atoms with Crippen LogP contribution in [0, 0.1) is 0 Å². The van der Waals surface area contributed by atoms with Gasteiger partial charge in [-0.1, -0.05) is 24.3 Å². The zero-order chi connectivity index (χ0) is 18.6. The number of rotatable bonds is 4. The van der Waals surface area contributed by atoms with Gasteiger partial charge in [-0.2, -0.15) is 13.2 Å². The fourth-order valence-electron chi connectivity index (χ4n) is 2.30. The van der Waals surface area contributed by atoms with Gasteiger partial charge in [0.1, 0.15) is 0 Å². The summed E-state index contributed by atoms with van der Waals surface area (Å²) in [7, 11) is 0. The van der Waals surface area contributed by atoms with E-state index in [9.17, 15) is 18.0 Å². The third-order valence-electron chi connectivity index (χ3n) is 3.51. The molecule has 26 heavy (non-hydrogen) atoms. The Kier molecular flexibility index (Phi) is 4.88. The van der Waals surface area contributed by atoms with Crippen LogP contribution < -0.4 is 10.6 Å². The van der Waals surface area contributed by atoms with Crippen LogP contribution in [0.5, 0.6) is 0 Å². The van der Waals surface area contributed by atoms with Crippen molar-refractivity contribution in [2.75, 3.05) is 10.6 Å². The predicted octanol–water partition coefficient (Wildman–Crippen LogP) is 5.10. The summed E-state index contributed by atoms with van der Waals surface area (Å²) in [5, 5.41) is 5.56. The van der Waals surface area contributed by atoms with Gasteiger partial charge in [0, 0.05) is 17.6 Å². The molecule has 1 heterocycles. The van der Waals surface area contributed by atoms with Gasteiger partial charge in [-0.05, 0) is 36.4 Å². The van der Waals surface area contributed by atoms with E-state index >= 15 is 0 Å². The minimum absolute atomic E-state index is 0.0613. The van der Waals surface area contributed by atoms with E-state index in [4.69, 9.17) is 0 Å². The SMILES string of the molecule is O=C(Nc1cccc(C(F)(F)F)c1)c1cncc(Nc2ccccc2)c1. The monoisotopic (exact) mass is 357 g/mol. The van der Waals surface area contributed by atoms with Crippen molar-refractivity contribution < 1.29 is 18.0 Å². The molecule has 0 fully saturated rings. The molecule has 2 aromatic carbocycles. The summed E-state index contributed by atoms with van der Waals surface area (Å²) in [5.74, 6) is -0.548. The van der Waals surface area contributed by atoms with Crippen LogP contribution in [0.15, 0.2) is 73.1 Å². The van der Waals surface area contributed by atoms with Crippen molar-refractivity contribution in [3.8, 4) is 0 Å². The maximum absolute atomic E-state index is 12.8. The van der Waals surface area contributed by atoms with Gasteiger partial charge in [-0.15, -0.1) is 0 Å². The Hall–Kier alpha value is -3.35. The first-order valence-corrected chi connectivity index (χ1v) is 7.67. The molecule has 0 aliphatic carbocycles. The first-order chi connectivity index (χ1) is 12.4. The zero-order valence-electron chi connectivity index (χ0n) is 13.4. The number of nitrogens with one attached hydrogen (secondary N) is 2. The lowest BCUT2D eigenvalue weighted by Gasteiger charge is -2.11. The Morgan fingerprint density at radius 3 is 2.31 bits per heavy atom. The number of carbonyl (C=O) groups excluding carboxylic acids is 1. The Morgan fingerprint density at radius 1 is 0.846 bits per heavy atom. The fourth-order valence-corrected chi connectivity index (χ4v) is 2.30. The Bertz CT molecular complexity index is 911. The number of para-hydroxylation sites is 1. The molecule has 0 saturated carbocycles. The largest absolute Gasteiger partial charge is 0.416 e. The lowest BCUT2D eigenvalue weighted by Crippen LogP contribution is -2.13. The van der Waals surface area contributed by atoms with E-state index in [0.29, 0.717) is 5.69 Å². The minimum atomic E-state index is -4.47. The number of aromatic nitrogens is 1. The van der Waals surface area contributed by atoms with Gasteiger partial charge in [0.2, 0.25) is 0 Å². The summed E-state index contributed by atoms with van der Waals surface area (Å²) in [4.78, 5) is 16.3. The van der Waals surface area contributed by atoms with E-state index in [1.54, 1.807) is 12.3 Å². The van der Waals surface area contributed by atoms with Crippen molar-refractivity contribution in [3.05, 3.63) is 84.2 Å². The third kappa shape index (κ3) is 4.38. The summed E-state index contributed by atoms with van der Waals surface area (Å²) in [6.07, 6.45) is -1.57. The van der Waals surface area contributed by atoms with Crippen molar-refractivity contribution in [1.82, 2.24) is 4.98 Å². The second-order valence-electron chi connectivity index (χ2n) is 5.49. The Balaban J connectivity index is 1.75. The van der Waals surface area contributed by atoms with Gasteiger partial charge in [-0.25, -0.2) is 0 Å². The Morgan fingerprint density at radius 2 is 1.58 bits per heavy atom. The topological polar surface area (TPSA) is 54.0 Å². The molecular weight excluding hydrogens is 343 g/mol. The molecule has 0 saturated heterocycles. The molecule has 0 unspecified atom stereocenters. The molecular formula is C19H14F3N3O. The molecule has 132 valence electrons. The molecule has 1 amide bonds. The Labute approximate surface area is 147 Å². The molecule has 7 heteroatoms. The van der Waals surface area contributed by atoms with E-state index in [2.05, 4.69) is 15.6 Å². The number of amides is 1. The maximum Gasteiger partial charge on any atom is 0.416 e. The molecule has 1 aromatic heterocycles. The quantitative estimate of drug-likeness (QED) is 0.683. The highest BCUT2D eigenvalue weighted by Gasteiger charge is 2.30. The number of benzene rings is 2. The normalized spacial score (nSPS) is 11.0. The highest BCUT2D eigenvalue weighted by Crippen LogP contribution is 2.30. The summed E-state index contributed by atoms with van der Waals surface area (Å²) in [5.41, 5.74) is 0.875. The number of hydrogen-bond donors (Lipinski definition) is 2. The molecule has 0 atom stereocenters. The molecule has 0 bridgehead atoms. The summed E-state index contributed by atoms with van der Waals surface area (Å²) in [6, 6.07) is 15.4. The number of hydrogen-bond acceptors (Lipinski definition) is 3. The second-order valence-corrected chi connectivity index (χ2v) is 5.49. The van der Waals surface area contributed by atoms with Gasteiger partial charge < -0.3 is 10.6 Å². The molecule has 0 spiro atoms.